The largest absolute Gasteiger partial charge is 0.305 e. The molecule has 0 amide bonds. The third-order valence-corrected chi connectivity index (χ3v) is 4.65. The summed E-state index contributed by atoms with van der Waals surface area (Å²) in [5.74, 6) is 0. The Morgan fingerprint density at radius 1 is 1.24 bits per heavy atom. The molecule has 0 radical (unpaired) electrons. The summed E-state index contributed by atoms with van der Waals surface area (Å²) in [5, 5.41) is 7.08. The first-order valence-electron chi connectivity index (χ1n) is 5.50. The van der Waals surface area contributed by atoms with Gasteiger partial charge in [0.25, 0.3) is 0 Å². The van der Waals surface area contributed by atoms with Gasteiger partial charge in [-0.1, -0.05) is 29.3 Å². The zero-order valence-electron chi connectivity index (χ0n) is 9.04. The maximum atomic E-state index is 6.28. The molecule has 1 unspecified atom stereocenters. The SMILES string of the molecule is Clc1ccc(C2NCCc3ccsc32)c(Cl)c1. The van der Waals surface area contributed by atoms with Crippen LogP contribution in [-0.2, 0) is 6.42 Å². The molecular formula is C13H11Cl2NS. The fourth-order valence-corrected chi connectivity index (χ4v) is 3.80. The summed E-state index contributed by atoms with van der Waals surface area (Å²) in [6.07, 6.45) is 1.10. The fourth-order valence-electron chi connectivity index (χ4n) is 2.24. The van der Waals surface area contributed by atoms with Crippen molar-refractivity contribution in [1.82, 2.24) is 5.32 Å². The average Bonchev–Trinajstić information content (AvgIpc) is 2.77. The van der Waals surface area contributed by atoms with Crippen molar-refractivity contribution in [3.05, 3.63) is 55.7 Å². The lowest BCUT2D eigenvalue weighted by atomic mass is 9.98. The van der Waals surface area contributed by atoms with Gasteiger partial charge in [-0.3, -0.25) is 0 Å². The highest BCUT2D eigenvalue weighted by Gasteiger charge is 2.24. The summed E-state index contributed by atoms with van der Waals surface area (Å²) in [4.78, 5) is 1.38. The van der Waals surface area contributed by atoms with Crippen LogP contribution in [-0.4, -0.2) is 6.54 Å². The van der Waals surface area contributed by atoms with E-state index in [9.17, 15) is 0 Å². The molecule has 0 fully saturated rings. The predicted octanol–water partition coefficient (Wildman–Crippen LogP) is 4.29. The molecular weight excluding hydrogens is 273 g/mol. The van der Waals surface area contributed by atoms with Gasteiger partial charge in [0.2, 0.25) is 0 Å². The number of hydrogen-bond donors (Lipinski definition) is 1. The minimum atomic E-state index is 0.212. The third kappa shape index (κ3) is 2.11. The third-order valence-electron chi connectivity index (χ3n) is 3.06. The second-order valence-electron chi connectivity index (χ2n) is 4.11. The van der Waals surface area contributed by atoms with Crippen molar-refractivity contribution < 1.29 is 0 Å². The maximum absolute atomic E-state index is 6.28. The van der Waals surface area contributed by atoms with E-state index in [0.29, 0.717) is 5.02 Å². The number of thiophene rings is 1. The lowest BCUT2D eigenvalue weighted by Gasteiger charge is -2.25. The van der Waals surface area contributed by atoms with Gasteiger partial charge in [0.05, 0.1) is 6.04 Å². The molecule has 2 aromatic rings. The van der Waals surface area contributed by atoms with Crippen molar-refractivity contribution in [2.24, 2.45) is 0 Å². The summed E-state index contributed by atoms with van der Waals surface area (Å²) < 4.78 is 0. The minimum Gasteiger partial charge on any atom is -0.305 e. The van der Waals surface area contributed by atoms with Crippen molar-refractivity contribution in [1.29, 1.82) is 0 Å². The van der Waals surface area contributed by atoms with Gasteiger partial charge in [-0.25, -0.2) is 0 Å². The summed E-state index contributed by atoms with van der Waals surface area (Å²) in [6, 6.07) is 8.13. The Morgan fingerprint density at radius 2 is 2.12 bits per heavy atom. The van der Waals surface area contributed by atoms with E-state index in [2.05, 4.69) is 16.8 Å². The molecule has 88 valence electrons. The Hall–Kier alpha value is -0.540. The van der Waals surface area contributed by atoms with Crippen molar-refractivity contribution >= 4 is 34.5 Å². The number of fused-ring (bicyclic) bond motifs is 1. The van der Waals surface area contributed by atoms with Crippen LogP contribution in [0.3, 0.4) is 0 Å². The van der Waals surface area contributed by atoms with Gasteiger partial charge in [-0.15, -0.1) is 11.3 Å². The Morgan fingerprint density at radius 3 is 2.94 bits per heavy atom. The van der Waals surface area contributed by atoms with Crippen molar-refractivity contribution in [2.75, 3.05) is 6.54 Å². The lowest BCUT2D eigenvalue weighted by molar-refractivity contribution is 0.578. The molecule has 0 saturated carbocycles. The number of nitrogens with one attached hydrogen (secondary N) is 1. The molecule has 0 aliphatic carbocycles. The topological polar surface area (TPSA) is 12.0 Å². The van der Waals surface area contributed by atoms with Crippen LogP contribution in [0, 0.1) is 0 Å². The highest BCUT2D eigenvalue weighted by molar-refractivity contribution is 7.10. The molecule has 3 rings (SSSR count). The number of hydrogen-bond acceptors (Lipinski definition) is 2. The van der Waals surface area contributed by atoms with Crippen molar-refractivity contribution in [3.8, 4) is 0 Å². The van der Waals surface area contributed by atoms with E-state index >= 15 is 0 Å². The normalized spacial score (nSPS) is 19.1. The van der Waals surface area contributed by atoms with Crippen LogP contribution < -0.4 is 5.32 Å². The van der Waals surface area contributed by atoms with Gasteiger partial charge >= 0.3 is 0 Å². The number of benzene rings is 1. The molecule has 2 heterocycles. The smallest absolute Gasteiger partial charge is 0.0688 e. The van der Waals surface area contributed by atoms with E-state index in [0.717, 1.165) is 23.6 Å². The van der Waals surface area contributed by atoms with Crippen LogP contribution in [0.25, 0.3) is 0 Å². The molecule has 1 aliphatic heterocycles. The van der Waals surface area contributed by atoms with Crippen LogP contribution in [0.1, 0.15) is 22.0 Å². The summed E-state index contributed by atoms with van der Waals surface area (Å²) in [5.41, 5.74) is 2.55. The number of rotatable bonds is 1. The molecule has 1 atom stereocenters. The Kier molecular flexibility index (Phi) is 3.14. The van der Waals surface area contributed by atoms with Crippen molar-refractivity contribution in [3.63, 3.8) is 0 Å². The van der Waals surface area contributed by atoms with E-state index in [4.69, 9.17) is 23.2 Å². The second-order valence-corrected chi connectivity index (χ2v) is 5.90. The van der Waals surface area contributed by atoms with E-state index in [1.54, 1.807) is 11.3 Å². The van der Waals surface area contributed by atoms with Crippen LogP contribution >= 0.6 is 34.5 Å². The maximum Gasteiger partial charge on any atom is 0.0688 e. The molecule has 0 saturated heterocycles. The fraction of sp³-hybridized carbons (Fsp3) is 0.231. The molecule has 0 spiro atoms. The first kappa shape index (κ1) is 11.5. The van der Waals surface area contributed by atoms with Gasteiger partial charge in [-0.2, -0.15) is 0 Å². The summed E-state index contributed by atoms with van der Waals surface area (Å²) >= 11 is 14.0. The molecule has 4 heteroatoms. The van der Waals surface area contributed by atoms with Crippen LogP contribution in [0.2, 0.25) is 10.0 Å². The molecule has 1 nitrogen and oxygen atoms in total. The molecule has 1 N–H and O–H groups in total. The van der Waals surface area contributed by atoms with E-state index in [1.807, 2.05) is 18.2 Å². The molecule has 0 bridgehead atoms. The monoisotopic (exact) mass is 283 g/mol. The molecule has 1 aromatic heterocycles. The molecule has 1 aliphatic rings. The highest BCUT2D eigenvalue weighted by atomic mass is 35.5. The van der Waals surface area contributed by atoms with E-state index in [1.165, 1.54) is 10.4 Å². The quantitative estimate of drug-likeness (QED) is 0.823. The zero-order valence-corrected chi connectivity index (χ0v) is 11.4. The zero-order chi connectivity index (χ0) is 11.8. The Labute approximate surface area is 114 Å². The Balaban J connectivity index is 2.06. The van der Waals surface area contributed by atoms with Crippen LogP contribution in [0.4, 0.5) is 0 Å². The highest BCUT2D eigenvalue weighted by Crippen LogP contribution is 2.36. The summed E-state index contributed by atoms with van der Waals surface area (Å²) in [6.45, 7) is 0.993. The minimum absolute atomic E-state index is 0.212. The summed E-state index contributed by atoms with van der Waals surface area (Å²) in [7, 11) is 0. The van der Waals surface area contributed by atoms with E-state index in [-0.39, 0.29) is 6.04 Å². The van der Waals surface area contributed by atoms with Crippen LogP contribution in [0.15, 0.2) is 29.6 Å². The van der Waals surface area contributed by atoms with Gasteiger partial charge in [0, 0.05) is 21.5 Å². The standard InChI is InChI=1S/C13H11Cl2NS/c14-9-1-2-10(11(15)7-9)12-13-8(3-5-16-12)4-6-17-13/h1-2,4,6-7,12,16H,3,5H2. The average molecular weight is 284 g/mol. The van der Waals surface area contributed by atoms with E-state index < -0.39 is 0 Å². The first-order chi connectivity index (χ1) is 8.25. The van der Waals surface area contributed by atoms with Gasteiger partial charge in [-0.05, 0) is 41.1 Å². The second kappa shape index (κ2) is 4.62. The Bertz CT molecular complexity index is 550. The molecule has 17 heavy (non-hydrogen) atoms. The lowest BCUT2D eigenvalue weighted by Crippen LogP contribution is -2.29. The molecule has 1 aromatic carbocycles. The first-order valence-corrected chi connectivity index (χ1v) is 7.14. The van der Waals surface area contributed by atoms with Crippen LogP contribution in [0.5, 0.6) is 0 Å². The van der Waals surface area contributed by atoms with Crippen molar-refractivity contribution in [2.45, 2.75) is 12.5 Å². The van der Waals surface area contributed by atoms with Gasteiger partial charge in [0.1, 0.15) is 0 Å². The predicted molar refractivity (Wildman–Crippen MR) is 74.3 cm³/mol. The van der Waals surface area contributed by atoms with Gasteiger partial charge in [0.15, 0.2) is 0 Å². The number of halogens is 2. The van der Waals surface area contributed by atoms with Gasteiger partial charge < -0.3 is 5.32 Å².